The van der Waals surface area contributed by atoms with Crippen LogP contribution in [-0.4, -0.2) is 54.3 Å². The van der Waals surface area contributed by atoms with Gasteiger partial charge in [0.05, 0.1) is 0 Å². The molecule has 0 aromatic heterocycles. The maximum Gasteiger partial charge on any atom is 0.323 e. The number of hydrogen-bond acceptors (Lipinski definition) is 8. The molecule has 3 N–H and O–H groups in total. The van der Waals surface area contributed by atoms with E-state index >= 15 is 0 Å². The number of nitrogens with two attached hydrogens (primary N) is 1. The number of carboxylic acids is 1. The zero-order valence-electron chi connectivity index (χ0n) is 31.7. The molecule has 9 heteroatoms. The summed E-state index contributed by atoms with van der Waals surface area (Å²) < 4.78 is 16.1. The highest BCUT2D eigenvalue weighted by Gasteiger charge is 2.22. The van der Waals surface area contributed by atoms with Gasteiger partial charge in [-0.2, -0.15) is 0 Å². The Bertz CT molecular complexity index is 805. The Labute approximate surface area is 299 Å². The molecular formula is C40H75NO8. The smallest absolute Gasteiger partial charge is 0.323 e. The van der Waals surface area contributed by atoms with E-state index in [9.17, 15) is 19.2 Å². The van der Waals surface area contributed by atoms with E-state index in [1.165, 1.54) is 128 Å². The first kappa shape index (κ1) is 46.8. The van der Waals surface area contributed by atoms with Crippen molar-refractivity contribution in [3.05, 3.63) is 0 Å². The monoisotopic (exact) mass is 698 g/mol. The quantitative estimate of drug-likeness (QED) is 0.0368. The van der Waals surface area contributed by atoms with Crippen LogP contribution in [0.2, 0.25) is 0 Å². The zero-order valence-corrected chi connectivity index (χ0v) is 31.7. The second kappa shape index (κ2) is 35.7. The molecule has 0 amide bonds. The van der Waals surface area contributed by atoms with Gasteiger partial charge >= 0.3 is 23.9 Å². The van der Waals surface area contributed by atoms with Gasteiger partial charge in [0.15, 0.2) is 6.10 Å². The largest absolute Gasteiger partial charge is 0.481 e. The third-order valence-corrected chi connectivity index (χ3v) is 9.08. The lowest BCUT2D eigenvalue weighted by Gasteiger charge is -2.19. The minimum atomic E-state index is -1.10. The van der Waals surface area contributed by atoms with E-state index in [2.05, 4.69) is 13.8 Å². The maximum absolute atomic E-state index is 12.6. The van der Waals surface area contributed by atoms with Gasteiger partial charge in [-0.1, -0.05) is 168 Å². The maximum atomic E-state index is 12.6. The molecule has 0 saturated carbocycles. The molecule has 0 aliphatic carbocycles. The lowest BCUT2D eigenvalue weighted by molar-refractivity contribution is -0.167. The summed E-state index contributed by atoms with van der Waals surface area (Å²) in [4.78, 5) is 48.0. The van der Waals surface area contributed by atoms with Gasteiger partial charge < -0.3 is 25.1 Å². The molecule has 0 saturated heterocycles. The third kappa shape index (κ3) is 34.1. The van der Waals surface area contributed by atoms with Gasteiger partial charge in [-0.3, -0.25) is 19.2 Å². The van der Waals surface area contributed by atoms with Crippen molar-refractivity contribution in [1.82, 2.24) is 0 Å². The van der Waals surface area contributed by atoms with Gasteiger partial charge in [0.1, 0.15) is 19.3 Å². The second-order valence-corrected chi connectivity index (χ2v) is 13.9. The van der Waals surface area contributed by atoms with Gasteiger partial charge in [0.2, 0.25) is 0 Å². The van der Waals surface area contributed by atoms with Crippen LogP contribution < -0.4 is 5.73 Å². The predicted molar refractivity (Wildman–Crippen MR) is 197 cm³/mol. The summed E-state index contributed by atoms with van der Waals surface area (Å²) in [5, 5.41) is 8.83. The Morgan fingerprint density at radius 2 is 0.837 bits per heavy atom. The minimum Gasteiger partial charge on any atom is -0.481 e. The fraction of sp³-hybridized carbons (Fsp3) is 0.900. The molecular weight excluding hydrogens is 622 g/mol. The number of carbonyl (C=O) groups excluding carboxylic acids is 3. The highest BCUT2D eigenvalue weighted by molar-refractivity contribution is 5.76. The summed E-state index contributed by atoms with van der Waals surface area (Å²) in [6, 6.07) is -1.10. The number of aliphatic carboxylic acids is 1. The van der Waals surface area contributed by atoms with Gasteiger partial charge in [-0.25, -0.2) is 0 Å². The van der Waals surface area contributed by atoms with Crippen molar-refractivity contribution in [3.63, 3.8) is 0 Å². The fourth-order valence-electron chi connectivity index (χ4n) is 5.87. The van der Waals surface area contributed by atoms with E-state index in [0.29, 0.717) is 6.42 Å². The van der Waals surface area contributed by atoms with Crippen molar-refractivity contribution in [2.45, 2.75) is 219 Å². The summed E-state index contributed by atoms with van der Waals surface area (Å²) in [6.07, 6.45) is 30.9. The predicted octanol–water partition coefficient (Wildman–Crippen LogP) is 10.1. The Morgan fingerprint density at radius 3 is 1.22 bits per heavy atom. The number of rotatable bonds is 37. The summed E-state index contributed by atoms with van der Waals surface area (Å²) in [5.74, 6) is -2.63. The van der Waals surface area contributed by atoms with Crippen LogP contribution in [0.4, 0.5) is 0 Å². The van der Waals surface area contributed by atoms with Crippen LogP contribution in [0.1, 0.15) is 206 Å². The third-order valence-electron chi connectivity index (χ3n) is 9.08. The van der Waals surface area contributed by atoms with Crippen molar-refractivity contribution in [1.29, 1.82) is 0 Å². The summed E-state index contributed by atoms with van der Waals surface area (Å²) in [7, 11) is 0. The van der Waals surface area contributed by atoms with Crippen molar-refractivity contribution in [3.8, 4) is 0 Å². The Hall–Kier alpha value is -2.16. The minimum absolute atomic E-state index is 0.0637. The molecule has 0 fully saturated rings. The average Bonchev–Trinajstić information content (AvgIpc) is 3.08. The molecule has 288 valence electrons. The second-order valence-electron chi connectivity index (χ2n) is 13.9. The molecule has 0 aliphatic rings. The normalized spacial score (nSPS) is 12.4. The molecule has 0 heterocycles. The molecule has 49 heavy (non-hydrogen) atoms. The molecule has 0 rings (SSSR count). The molecule has 0 aromatic rings. The summed E-state index contributed by atoms with van der Waals surface area (Å²) in [5.41, 5.74) is 5.75. The van der Waals surface area contributed by atoms with Gasteiger partial charge in [0, 0.05) is 19.3 Å². The number of carboxylic acid groups (broad SMARTS) is 1. The van der Waals surface area contributed by atoms with E-state index < -0.39 is 30.1 Å². The number of carbonyl (C=O) groups is 4. The Morgan fingerprint density at radius 1 is 0.490 bits per heavy atom. The van der Waals surface area contributed by atoms with Crippen LogP contribution in [0.25, 0.3) is 0 Å². The number of ether oxygens (including phenoxy) is 3. The van der Waals surface area contributed by atoms with Crippen molar-refractivity contribution < 1.29 is 38.5 Å². The number of hydrogen-bond donors (Lipinski definition) is 2. The first-order valence-electron chi connectivity index (χ1n) is 20.3. The van der Waals surface area contributed by atoms with Crippen LogP contribution in [0.15, 0.2) is 0 Å². The highest BCUT2D eigenvalue weighted by atomic mass is 16.6. The van der Waals surface area contributed by atoms with E-state index in [4.69, 9.17) is 25.1 Å². The van der Waals surface area contributed by atoms with Crippen LogP contribution in [0.3, 0.4) is 0 Å². The molecule has 2 unspecified atom stereocenters. The molecule has 0 bridgehead atoms. The van der Waals surface area contributed by atoms with E-state index in [0.717, 1.165) is 32.1 Å². The first-order chi connectivity index (χ1) is 23.8. The van der Waals surface area contributed by atoms with E-state index in [1.54, 1.807) is 0 Å². The SMILES string of the molecule is CCCCCCCCCCCCCCCC(=O)OCC(COC(=O)C(N)CCC(=O)O)OC(=O)CCCCCCCCCCCCCCC. The lowest BCUT2D eigenvalue weighted by Crippen LogP contribution is -2.37. The molecule has 0 spiro atoms. The number of unbranched alkanes of at least 4 members (excludes halogenated alkanes) is 24. The van der Waals surface area contributed by atoms with Crippen LogP contribution >= 0.6 is 0 Å². The summed E-state index contributed by atoms with van der Waals surface area (Å²) in [6.45, 7) is 3.97. The van der Waals surface area contributed by atoms with Crippen molar-refractivity contribution >= 4 is 23.9 Å². The molecule has 2 atom stereocenters. The van der Waals surface area contributed by atoms with Crippen LogP contribution in [0, 0.1) is 0 Å². The summed E-state index contributed by atoms with van der Waals surface area (Å²) >= 11 is 0. The highest BCUT2D eigenvalue weighted by Crippen LogP contribution is 2.15. The van der Waals surface area contributed by atoms with Crippen LogP contribution in [0.5, 0.6) is 0 Å². The van der Waals surface area contributed by atoms with Crippen molar-refractivity contribution in [2.75, 3.05) is 13.2 Å². The standard InChI is InChI=1S/C40H75NO8/c1-3-5-7-9-11-13-15-17-19-21-23-25-27-29-38(44)47-33-35(34-48-40(46)36(41)31-32-37(42)43)49-39(45)30-28-26-24-22-20-18-16-14-12-10-8-6-4-2/h35-36H,3-34,41H2,1-2H3,(H,42,43). The fourth-order valence-corrected chi connectivity index (χ4v) is 5.87. The molecule has 0 radical (unpaired) electrons. The van der Waals surface area contributed by atoms with Gasteiger partial charge in [0.25, 0.3) is 0 Å². The van der Waals surface area contributed by atoms with Crippen LogP contribution in [-0.2, 0) is 33.4 Å². The lowest BCUT2D eigenvalue weighted by atomic mass is 10.0. The Balaban J connectivity index is 4.29. The van der Waals surface area contributed by atoms with Gasteiger partial charge in [-0.05, 0) is 19.3 Å². The topological polar surface area (TPSA) is 142 Å². The van der Waals surface area contributed by atoms with E-state index in [1.807, 2.05) is 0 Å². The van der Waals surface area contributed by atoms with Gasteiger partial charge in [-0.15, -0.1) is 0 Å². The van der Waals surface area contributed by atoms with Crippen molar-refractivity contribution in [2.24, 2.45) is 5.73 Å². The molecule has 9 nitrogen and oxygen atoms in total. The molecule has 0 aliphatic heterocycles. The van der Waals surface area contributed by atoms with E-state index in [-0.39, 0.29) is 44.9 Å². The first-order valence-corrected chi connectivity index (χ1v) is 20.3. The Kier molecular flexibility index (Phi) is 34.1. The number of esters is 3. The molecule has 0 aromatic carbocycles. The average molecular weight is 698 g/mol. The zero-order chi connectivity index (χ0) is 36.2.